The number of hydrogen-bond acceptors (Lipinski definition) is 3. The lowest BCUT2D eigenvalue weighted by Crippen LogP contribution is -2.49. The van der Waals surface area contributed by atoms with E-state index >= 15 is 0 Å². The lowest BCUT2D eigenvalue weighted by molar-refractivity contribution is 0.483. The zero-order valence-corrected chi connectivity index (χ0v) is 9.40. The summed E-state index contributed by atoms with van der Waals surface area (Å²) in [6, 6.07) is 4.66. The third kappa shape index (κ3) is 1.55. The summed E-state index contributed by atoms with van der Waals surface area (Å²) in [6.07, 6.45) is 3.86. The molecular formula is C12H16N4. The normalized spacial score (nSPS) is 21.6. The Morgan fingerprint density at radius 3 is 3.25 bits per heavy atom. The predicted molar refractivity (Wildman–Crippen MR) is 65.8 cm³/mol. The number of nitrogens with zero attached hydrogens (tertiary/aromatic N) is 2. The summed E-state index contributed by atoms with van der Waals surface area (Å²) in [4.78, 5) is 10.1. The van der Waals surface area contributed by atoms with E-state index in [1.807, 2.05) is 18.5 Å². The molecule has 0 unspecified atom stereocenters. The Bertz CT molecular complexity index is 490. The van der Waals surface area contributed by atoms with Crippen LogP contribution in [0.5, 0.6) is 0 Å². The second kappa shape index (κ2) is 3.79. The van der Waals surface area contributed by atoms with Crippen molar-refractivity contribution < 1.29 is 0 Å². The fourth-order valence-electron chi connectivity index (χ4n) is 2.33. The molecule has 4 heteroatoms. The van der Waals surface area contributed by atoms with Gasteiger partial charge in [0, 0.05) is 43.5 Å². The maximum atomic E-state index is 4.50. The van der Waals surface area contributed by atoms with Gasteiger partial charge in [0.1, 0.15) is 0 Å². The molecule has 1 aliphatic heterocycles. The van der Waals surface area contributed by atoms with Crippen LogP contribution >= 0.6 is 0 Å². The molecule has 0 saturated carbocycles. The number of H-pyrrole nitrogens is 1. The number of anilines is 1. The average molecular weight is 216 g/mol. The van der Waals surface area contributed by atoms with E-state index in [0.717, 1.165) is 31.0 Å². The smallest absolute Gasteiger partial charge is 0.153 e. The molecule has 1 atom stereocenters. The molecule has 3 rings (SSSR count). The second-order valence-corrected chi connectivity index (χ2v) is 4.38. The molecule has 2 aromatic heterocycles. The van der Waals surface area contributed by atoms with Crippen molar-refractivity contribution in [3.63, 3.8) is 0 Å². The number of fused-ring (bicyclic) bond motifs is 1. The summed E-state index contributed by atoms with van der Waals surface area (Å²) in [7, 11) is 0. The molecule has 84 valence electrons. The van der Waals surface area contributed by atoms with E-state index in [0.29, 0.717) is 6.04 Å². The Balaban J connectivity index is 2.01. The Hall–Kier alpha value is -1.55. The van der Waals surface area contributed by atoms with Crippen molar-refractivity contribution in [1.29, 1.82) is 0 Å². The van der Waals surface area contributed by atoms with Crippen LogP contribution in [0.2, 0.25) is 0 Å². The lowest BCUT2D eigenvalue weighted by Gasteiger charge is -2.32. The number of pyridine rings is 1. The number of piperazine rings is 1. The standard InChI is InChI=1S/C12H16N4/c1-9-8-16(7-6-13-9)12-11-10(2-4-14-11)3-5-15-12/h2-5,9,13-14H,6-8H2,1H3/t9-/m0/s1. The average Bonchev–Trinajstić information content (AvgIpc) is 2.76. The molecule has 3 heterocycles. The van der Waals surface area contributed by atoms with Crippen molar-refractivity contribution in [2.45, 2.75) is 13.0 Å². The first kappa shape index (κ1) is 9.66. The van der Waals surface area contributed by atoms with Gasteiger partial charge >= 0.3 is 0 Å². The van der Waals surface area contributed by atoms with Gasteiger partial charge in [0.25, 0.3) is 0 Å². The third-order valence-electron chi connectivity index (χ3n) is 3.12. The van der Waals surface area contributed by atoms with Crippen molar-refractivity contribution in [3.8, 4) is 0 Å². The number of aromatic nitrogens is 2. The van der Waals surface area contributed by atoms with E-state index in [1.165, 1.54) is 5.39 Å². The predicted octanol–water partition coefficient (Wildman–Crippen LogP) is 1.36. The minimum atomic E-state index is 0.528. The molecule has 16 heavy (non-hydrogen) atoms. The molecule has 4 nitrogen and oxygen atoms in total. The molecule has 0 spiro atoms. The van der Waals surface area contributed by atoms with Crippen LogP contribution in [0, 0.1) is 0 Å². The van der Waals surface area contributed by atoms with E-state index in [2.05, 4.69) is 33.2 Å². The maximum Gasteiger partial charge on any atom is 0.153 e. The summed E-state index contributed by atoms with van der Waals surface area (Å²) in [5, 5.41) is 4.68. The monoisotopic (exact) mass is 216 g/mol. The van der Waals surface area contributed by atoms with Crippen molar-refractivity contribution >= 4 is 16.7 Å². The summed E-state index contributed by atoms with van der Waals surface area (Å²) < 4.78 is 0. The van der Waals surface area contributed by atoms with Crippen LogP contribution in [0.1, 0.15) is 6.92 Å². The molecule has 2 aromatic rings. The third-order valence-corrected chi connectivity index (χ3v) is 3.12. The van der Waals surface area contributed by atoms with E-state index < -0.39 is 0 Å². The van der Waals surface area contributed by atoms with Crippen molar-refractivity contribution in [2.24, 2.45) is 0 Å². The quantitative estimate of drug-likeness (QED) is 0.756. The molecule has 1 saturated heterocycles. The fourth-order valence-corrected chi connectivity index (χ4v) is 2.33. The van der Waals surface area contributed by atoms with Crippen LogP contribution in [0.25, 0.3) is 10.9 Å². The summed E-state index contributed by atoms with van der Waals surface area (Å²) >= 11 is 0. The van der Waals surface area contributed by atoms with Crippen LogP contribution in [-0.4, -0.2) is 35.6 Å². The van der Waals surface area contributed by atoms with Gasteiger partial charge in [0.15, 0.2) is 5.82 Å². The Kier molecular flexibility index (Phi) is 2.29. The van der Waals surface area contributed by atoms with Gasteiger partial charge < -0.3 is 15.2 Å². The second-order valence-electron chi connectivity index (χ2n) is 4.38. The highest BCUT2D eigenvalue weighted by Crippen LogP contribution is 2.23. The molecule has 0 aromatic carbocycles. The Morgan fingerprint density at radius 2 is 2.38 bits per heavy atom. The highest BCUT2D eigenvalue weighted by molar-refractivity contribution is 5.89. The van der Waals surface area contributed by atoms with E-state index in [1.54, 1.807) is 0 Å². The molecule has 0 bridgehead atoms. The number of aromatic amines is 1. The van der Waals surface area contributed by atoms with Crippen LogP contribution in [0.4, 0.5) is 5.82 Å². The van der Waals surface area contributed by atoms with Gasteiger partial charge in [0.05, 0.1) is 5.52 Å². The van der Waals surface area contributed by atoms with Crippen LogP contribution in [0.3, 0.4) is 0 Å². The molecule has 2 N–H and O–H groups in total. The van der Waals surface area contributed by atoms with Crippen molar-refractivity contribution in [2.75, 3.05) is 24.5 Å². The molecule has 1 fully saturated rings. The van der Waals surface area contributed by atoms with Gasteiger partial charge in [-0.1, -0.05) is 0 Å². The number of hydrogen-bond donors (Lipinski definition) is 2. The highest BCUT2D eigenvalue weighted by Gasteiger charge is 2.18. The van der Waals surface area contributed by atoms with Gasteiger partial charge in [-0.15, -0.1) is 0 Å². The summed E-state index contributed by atoms with van der Waals surface area (Å²) in [5.74, 6) is 1.08. The van der Waals surface area contributed by atoms with E-state index in [-0.39, 0.29) is 0 Å². The topological polar surface area (TPSA) is 44.0 Å². The van der Waals surface area contributed by atoms with Crippen molar-refractivity contribution in [1.82, 2.24) is 15.3 Å². The van der Waals surface area contributed by atoms with Crippen LogP contribution < -0.4 is 10.2 Å². The van der Waals surface area contributed by atoms with E-state index in [9.17, 15) is 0 Å². The summed E-state index contributed by atoms with van der Waals surface area (Å²) in [5.41, 5.74) is 1.15. The summed E-state index contributed by atoms with van der Waals surface area (Å²) in [6.45, 7) is 5.28. The largest absolute Gasteiger partial charge is 0.358 e. The van der Waals surface area contributed by atoms with Gasteiger partial charge in [0.2, 0.25) is 0 Å². The Morgan fingerprint density at radius 1 is 1.44 bits per heavy atom. The first-order chi connectivity index (χ1) is 7.84. The van der Waals surface area contributed by atoms with E-state index in [4.69, 9.17) is 0 Å². The maximum absolute atomic E-state index is 4.50. The molecule has 0 radical (unpaired) electrons. The number of rotatable bonds is 1. The molecular weight excluding hydrogens is 200 g/mol. The number of nitrogens with one attached hydrogen (secondary N) is 2. The van der Waals surface area contributed by atoms with Gasteiger partial charge in [-0.3, -0.25) is 0 Å². The molecule has 0 aliphatic carbocycles. The zero-order valence-electron chi connectivity index (χ0n) is 9.40. The lowest BCUT2D eigenvalue weighted by atomic mass is 10.2. The fraction of sp³-hybridized carbons (Fsp3) is 0.417. The van der Waals surface area contributed by atoms with Gasteiger partial charge in [-0.2, -0.15) is 0 Å². The van der Waals surface area contributed by atoms with Crippen LogP contribution in [0.15, 0.2) is 24.5 Å². The first-order valence-corrected chi connectivity index (χ1v) is 5.75. The van der Waals surface area contributed by atoms with Crippen molar-refractivity contribution in [3.05, 3.63) is 24.5 Å². The molecule has 0 amide bonds. The molecule has 1 aliphatic rings. The zero-order chi connectivity index (χ0) is 11.0. The minimum absolute atomic E-state index is 0.528. The van der Waals surface area contributed by atoms with Gasteiger partial charge in [-0.05, 0) is 19.1 Å². The first-order valence-electron chi connectivity index (χ1n) is 5.75. The SMILES string of the molecule is C[C@H]1CN(c2nccc3cc[nH]c23)CCN1. The highest BCUT2D eigenvalue weighted by atomic mass is 15.2. The van der Waals surface area contributed by atoms with Crippen LogP contribution in [-0.2, 0) is 0 Å². The minimum Gasteiger partial charge on any atom is -0.358 e. The Labute approximate surface area is 94.7 Å². The van der Waals surface area contributed by atoms with Gasteiger partial charge in [-0.25, -0.2) is 4.98 Å².